The van der Waals surface area contributed by atoms with E-state index in [1.165, 1.54) is 5.39 Å². The molecule has 0 saturated heterocycles. The summed E-state index contributed by atoms with van der Waals surface area (Å²) in [7, 11) is 0. The number of pyridine rings is 1. The summed E-state index contributed by atoms with van der Waals surface area (Å²) in [6.07, 6.45) is 0. The van der Waals surface area contributed by atoms with Crippen molar-refractivity contribution in [1.82, 2.24) is 29.1 Å². The molecule has 62 heavy (non-hydrogen) atoms. The van der Waals surface area contributed by atoms with Crippen LogP contribution in [0.2, 0.25) is 0 Å². The average Bonchev–Trinajstić information content (AvgIpc) is 3.92. The monoisotopic (exact) mass is 792 g/mol. The van der Waals surface area contributed by atoms with Crippen LogP contribution in [-0.2, 0) is 0 Å². The fraction of sp³-hybridized carbons (Fsp3) is 0. The van der Waals surface area contributed by atoms with Gasteiger partial charge >= 0.3 is 0 Å². The molecule has 8 aromatic carbocycles. The number of nitrogens with zero attached hydrogens (tertiary/aromatic N) is 6. The fourth-order valence-corrected chi connectivity index (χ4v) is 8.91. The number of aromatic nitrogens is 6. The predicted octanol–water partition coefficient (Wildman–Crippen LogP) is 13.8. The molecule has 12 rings (SSSR count). The fourth-order valence-electron chi connectivity index (χ4n) is 8.91. The van der Waals surface area contributed by atoms with E-state index < -0.39 is 0 Å². The molecule has 12 aromatic rings. The van der Waals surface area contributed by atoms with Gasteiger partial charge in [0.25, 0.3) is 0 Å². The maximum absolute atomic E-state index is 5.49. The van der Waals surface area contributed by atoms with Gasteiger partial charge < -0.3 is 4.57 Å². The lowest BCUT2D eigenvalue weighted by Crippen LogP contribution is -2.00. The first-order valence-electron chi connectivity index (χ1n) is 20.8. The Kier molecular flexibility index (Phi) is 8.38. The van der Waals surface area contributed by atoms with Crippen LogP contribution in [0, 0.1) is 0 Å². The van der Waals surface area contributed by atoms with Crippen LogP contribution < -0.4 is 0 Å². The van der Waals surface area contributed by atoms with Crippen molar-refractivity contribution < 1.29 is 0 Å². The van der Waals surface area contributed by atoms with E-state index in [1.807, 2.05) is 30.3 Å². The number of hydrogen-bond acceptors (Lipinski definition) is 4. The number of rotatable bonds is 7. The quantitative estimate of drug-likeness (QED) is 0.161. The van der Waals surface area contributed by atoms with Crippen LogP contribution in [0.4, 0.5) is 0 Å². The van der Waals surface area contributed by atoms with Gasteiger partial charge in [-0.2, -0.15) is 5.10 Å². The maximum atomic E-state index is 5.49. The molecule has 0 amide bonds. The topological polar surface area (TPSA) is 60.9 Å². The summed E-state index contributed by atoms with van der Waals surface area (Å²) in [4.78, 5) is 15.5. The van der Waals surface area contributed by atoms with E-state index in [4.69, 9.17) is 20.1 Å². The van der Waals surface area contributed by atoms with Gasteiger partial charge in [0, 0.05) is 55.2 Å². The summed E-state index contributed by atoms with van der Waals surface area (Å²) in [6, 6.07) is 76.2. The van der Waals surface area contributed by atoms with Crippen molar-refractivity contribution in [3.63, 3.8) is 0 Å². The predicted molar refractivity (Wildman–Crippen MR) is 253 cm³/mol. The molecule has 4 aromatic heterocycles. The van der Waals surface area contributed by atoms with Crippen molar-refractivity contribution in [2.24, 2.45) is 0 Å². The molecule has 6 heteroatoms. The van der Waals surface area contributed by atoms with E-state index in [-0.39, 0.29) is 0 Å². The molecule has 0 unspecified atom stereocenters. The van der Waals surface area contributed by atoms with Crippen molar-refractivity contribution >= 4 is 38.1 Å². The number of fused-ring (bicyclic) bond motifs is 6. The molecule has 0 fully saturated rings. The molecule has 0 aliphatic rings. The molecule has 0 aliphatic carbocycles. The lowest BCUT2D eigenvalue weighted by Gasteiger charge is -2.11. The van der Waals surface area contributed by atoms with Gasteiger partial charge in [0.2, 0.25) is 0 Å². The van der Waals surface area contributed by atoms with Crippen LogP contribution in [0.15, 0.2) is 218 Å². The van der Waals surface area contributed by atoms with Crippen LogP contribution in [-0.4, -0.2) is 29.1 Å². The van der Waals surface area contributed by atoms with Crippen LogP contribution >= 0.6 is 0 Å². The van der Waals surface area contributed by atoms with Crippen molar-refractivity contribution in [2.45, 2.75) is 0 Å². The van der Waals surface area contributed by atoms with Crippen molar-refractivity contribution in [3.05, 3.63) is 218 Å². The van der Waals surface area contributed by atoms with Gasteiger partial charge in [-0.05, 0) is 59.5 Å². The second-order valence-electron chi connectivity index (χ2n) is 15.5. The summed E-state index contributed by atoms with van der Waals surface area (Å²) in [5, 5.41) is 10.1. The van der Waals surface area contributed by atoms with E-state index >= 15 is 0 Å². The average molecular weight is 793 g/mol. The molecular formula is C56H36N6. The summed E-state index contributed by atoms with van der Waals surface area (Å²) in [6.45, 7) is 0. The van der Waals surface area contributed by atoms with E-state index in [0.29, 0.717) is 17.5 Å². The second-order valence-corrected chi connectivity index (χ2v) is 15.5. The third kappa shape index (κ3) is 5.96. The minimum absolute atomic E-state index is 0.586. The van der Waals surface area contributed by atoms with Crippen molar-refractivity contribution in [1.29, 1.82) is 0 Å². The molecule has 0 radical (unpaired) electrons. The lowest BCUT2D eigenvalue weighted by atomic mass is 9.96. The Balaban J connectivity index is 1.06. The number of para-hydroxylation sites is 2. The molecule has 0 bridgehead atoms. The summed E-state index contributed by atoms with van der Waals surface area (Å²) in [5.41, 5.74) is 13.3. The van der Waals surface area contributed by atoms with Gasteiger partial charge in [0.05, 0.1) is 22.2 Å². The smallest absolute Gasteiger partial charge is 0.164 e. The largest absolute Gasteiger partial charge is 0.309 e. The Hall–Kier alpha value is -8.48. The third-order valence-electron chi connectivity index (χ3n) is 11.8. The van der Waals surface area contributed by atoms with Gasteiger partial charge in [0.1, 0.15) is 5.69 Å². The van der Waals surface area contributed by atoms with Crippen LogP contribution in [0.5, 0.6) is 0 Å². The maximum Gasteiger partial charge on any atom is 0.164 e. The summed E-state index contributed by atoms with van der Waals surface area (Å²) in [5.74, 6) is 1.80. The molecule has 0 N–H and O–H groups in total. The van der Waals surface area contributed by atoms with Gasteiger partial charge in [-0.3, -0.25) is 0 Å². The zero-order chi connectivity index (χ0) is 41.0. The molecule has 6 nitrogen and oxygen atoms in total. The van der Waals surface area contributed by atoms with Crippen LogP contribution in [0.1, 0.15) is 0 Å². The zero-order valence-corrected chi connectivity index (χ0v) is 33.5. The molecule has 0 spiro atoms. The van der Waals surface area contributed by atoms with Gasteiger partial charge in [0.15, 0.2) is 17.5 Å². The lowest BCUT2D eigenvalue weighted by molar-refractivity contribution is 0.979. The first-order chi connectivity index (χ1) is 30.7. The van der Waals surface area contributed by atoms with Crippen molar-refractivity contribution in [2.75, 3.05) is 0 Å². The number of benzene rings is 8. The zero-order valence-electron chi connectivity index (χ0n) is 33.5. The molecule has 0 saturated carbocycles. The minimum Gasteiger partial charge on any atom is -0.309 e. The van der Waals surface area contributed by atoms with Gasteiger partial charge in [-0.1, -0.05) is 170 Å². The first-order valence-corrected chi connectivity index (χ1v) is 20.8. The summed E-state index contributed by atoms with van der Waals surface area (Å²) >= 11 is 0. The van der Waals surface area contributed by atoms with E-state index in [2.05, 4.69) is 197 Å². The minimum atomic E-state index is 0.586. The Labute approximate surface area is 357 Å². The molecular weight excluding hydrogens is 757 g/mol. The molecule has 0 aliphatic heterocycles. The van der Waals surface area contributed by atoms with Gasteiger partial charge in [-0.25, -0.2) is 19.5 Å². The third-order valence-corrected chi connectivity index (χ3v) is 11.8. The molecule has 290 valence electrons. The highest BCUT2D eigenvalue weighted by molar-refractivity contribution is 6.11. The normalized spacial score (nSPS) is 11.5. The Bertz CT molecular complexity index is 3610. The highest BCUT2D eigenvalue weighted by atomic mass is 15.2. The standard InChI is InChI=1S/C56H36N6/c1-5-18-37(19-6-1)50-36-40-24-13-14-29-45(40)53-51(38-20-7-2-8-21-38)52(60-62(50)53)41-25-17-26-42(34-41)55-57-54(39-22-9-3-10-23-39)58-56(59-55)43-32-33-49-47(35-43)46-30-15-16-31-48(46)61(49)44-27-11-4-12-28-44/h1-36H. The highest BCUT2D eigenvalue weighted by Gasteiger charge is 2.23. The Morgan fingerprint density at radius 1 is 0.339 bits per heavy atom. The first kappa shape index (κ1) is 35.5. The second kappa shape index (κ2) is 14.7. The Morgan fingerprint density at radius 3 is 1.60 bits per heavy atom. The molecule has 4 heterocycles. The Morgan fingerprint density at radius 2 is 0.871 bits per heavy atom. The van der Waals surface area contributed by atoms with Crippen LogP contribution in [0.25, 0.3) is 112 Å². The van der Waals surface area contributed by atoms with E-state index in [9.17, 15) is 0 Å². The SMILES string of the molecule is c1ccc(-c2nc(-c3cccc(-c4nn5c(-c6ccccc6)cc6ccccc6c5c4-c4ccccc4)c3)nc(-c3ccc4c(c3)c3ccccc3n4-c3ccccc3)n2)cc1. The van der Waals surface area contributed by atoms with E-state index in [1.54, 1.807) is 0 Å². The summed E-state index contributed by atoms with van der Waals surface area (Å²) < 4.78 is 4.45. The van der Waals surface area contributed by atoms with E-state index in [0.717, 1.165) is 88.7 Å². The van der Waals surface area contributed by atoms with Gasteiger partial charge in [-0.15, -0.1) is 0 Å². The number of hydrogen-bond donors (Lipinski definition) is 0. The van der Waals surface area contributed by atoms with Crippen LogP contribution in [0.3, 0.4) is 0 Å². The highest BCUT2D eigenvalue weighted by Crippen LogP contribution is 2.42. The van der Waals surface area contributed by atoms with Crippen molar-refractivity contribution in [3.8, 4) is 73.5 Å². The molecule has 0 atom stereocenters.